The molecular formula is C11H19NO. The van der Waals surface area contributed by atoms with Crippen LogP contribution in [0.3, 0.4) is 0 Å². The van der Waals surface area contributed by atoms with Crippen LogP contribution < -0.4 is 5.32 Å². The second-order valence-electron chi connectivity index (χ2n) is 3.78. The van der Waals surface area contributed by atoms with Crippen molar-refractivity contribution in [3.8, 4) is 0 Å². The van der Waals surface area contributed by atoms with Crippen molar-refractivity contribution in [2.24, 2.45) is 0 Å². The molecule has 2 heteroatoms. The van der Waals surface area contributed by atoms with Crippen LogP contribution in [0, 0.1) is 0 Å². The Balaban J connectivity index is 2.34. The lowest BCUT2D eigenvalue weighted by Crippen LogP contribution is -2.36. The standard InChI is InChI=1S/C11H19NO/c1-3-9(2)11(13)12-10-7-5-4-6-8-10/h3,10H,4-8H2,1-2H3,(H,12,13). The molecule has 74 valence electrons. The minimum absolute atomic E-state index is 0.106. The molecule has 0 spiro atoms. The Labute approximate surface area is 80.4 Å². The maximum atomic E-state index is 11.5. The molecule has 0 unspecified atom stereocenters. The molecule has 0 aromatic rings. The summed E-state index contributed by atoms with van der Waals surface area (Å²) in [5, 5.41) is 3.06. The fourth-order valence-electron chi connectivity index (χ4n) is 1.68. The van der Waals surface area contributed by atoms with Crippen LogP contribution >= 0.6 is 0 Å². The van der Waals surface area contributed by atoms with Crippen LogP contribution in [0.1, 0.15) is 46.0 Å². The van der Waals surface area contributed by atoms with Gasteiger partial charge in [0.25, 0.3) is 0 Å². The highest BCUT2D eigenvalue weighted by molar-refractivity contribution is 5.92. The average molecular weight is 181 g/mol. The largest absolute Gasteiger partial charge is 0.350 e. The number of nitrogens with one attached hydrogen (secondary N) is 1. The van der Waals surface area contributed by atoms with Gasteiger partial charge in [-0.3, -0.25) is 4.79 Å². The van der Waals surface area contributed by atoms with Gasteiger partial charge in [0.05, 0.1) is 0 Å². The third-order valence-electron chi connectivity index (χ3n) is 2.73. The molecular weight excluding hydrogens is 162 g/mol. The van der Waals surface area contributed by atoms with E-state index >= 15 is 0 Å². The molecule has 1 N–H and O–H groups in total. The van der Waals surface area contributed by atoms with Gasteiger partial charge >= 0.3 is 0 Å². The Morgan fingerprint density at radius 1 is 1.31 bits per heavy atom. The molecule has 1 aliphatic rings. The lowest BCUT2D eigenvalue weighted by molar-refractivity contribution is -0.118. The van der Waals surface area contributed by atoms with Crippen LogP contribution in [-0.4, -0.2) is 11.9 Å². The normalized spacial score (nSPS) is 20.0. The summed E-state index contributed by atoms with van der Waals surface area (Å²) >= 11 is 0. The monoisotopic (exact) mass is 181 g/mol. The number of rotatable bonds is 2. The zero-order valence-electron chi connectivity index (χ0n) is 8.60. The highest BCUT2D eigenvalue weighted by Crippen LogP contribution is 2.17. The van der Waals surface area contributed by atoms with E-state index in [9.17, 15) is 4.79 Å². The number of allylic oxidation sites excluding steroid dienone is 1. The molecule has 0 aliphatic heterocycles. The number of amides is 1. The topological polar surface area (TPSA) is 29.1 Å². The van der Waals surface area contributed by atoms with E-state index in [1.54, 1.807) is 0 Å². The molecule has 2 nitrogen and oxygen atoms in total. The summed E-state index contributed by atoms with van der Waals surface area (Å²) in [6, 6.07) is 0.427. The molecule has 0 bridgehead atoms. The van der Waals surface area contributed by atoms with E-state index < -0.39 is 0 Å². The summed E-state index contributed by atoms with van der Waals surface area (Å²) in [6.45, 7) is 3.76. The van der Waals surface area contributed by atoms with Gasteiger partial charge in [0.1, 0.15) is 0 Å². The first kappa shape index (κ1) is 10.3. The first-order chi connectivity index (χ1) is 6.24. The molecule has 1 aliphatic carbocycles. The lowest BCUT2D eigenvalue weighted by Gasteiger charge is -2.22. The predicted octanol–water partition coefficient (Wildman–Crippen LogP) is 2.40. The van der Waals surface area contributed by atoms with Crippen LogP contribution in [0.5, 0.6) is 0 Å². The fourth-order valence-corrected chi connectivity index (χ4v) is 1.68. The zero-order chi connectivity index (χ0) is 9.68. The van der Waals surface area contributed by atoms with E-state index in [1.165, 1.54) is 19.3 Å². The Morgan fingerprint density at radius 2 is 1.92 bits per heavy atom. The first-order valence-corrected chi connectivity index (χ1v) is 5.18. The highest BCUT2D eigenvalue weighted by atomic mass is 16.1. The van der Waals surface area contributed by atoms with Crippen molar-refractivity contribution < 1.29 is 4.79 Å². The van der Waals surface area contributed by atoms with Gasteiger partial charge in [0.15, 0.2) is 0 Å². The van der Waals surface area contributed by atoms with Crippen molar-refractivity contribution in [2.75, 3.05) is 0 Å². The predicted molar refractivity (Wildman–Crippen MR) is 54.4 cm³/mol. The average Bonchev–Trinajstić information content (AvgIpc) is 2.18. The molecule has 1 rings (SSSR count). The number of carbonyl (C=O) groups excluding carboxylic acids is 1. The van der Waals surface area contributed by atoms with Gasteiger partial charge in [-0.25, -0.2) is 0 Å². The quantitative estimate of drug-likeness (QED) is 0.651. The maximum Gasteiger partial charge on any atom is 0.246 e. The highest BCUT2D eigenvalue weighted by Gasteiger charge is 2.15. The van der Waals surface area contributed by atoms with Gasteiger partial charge in [-0.1, -0.05) is 25.3 Å². The lowest BCUT2D eigenvalue weighted by atomic mass is 9.95. The smallest absolute Gasteiger partial charge is 0.246 e. The van der Waals surface area contributed by atoms with E-state index in [0.717, 1.165) is 18.4 Å². The van der Waals surface area contributed by atoms with Crippen molar-refractivity contribution in [1.29, 1.82) is 0 Å². The summed E-state index contributed by atoms with van der Waals surface area (Å²) in [4.78, 5) is 11.5. The SMILES string of the molecule is CC=C(C)C(=O)NC1CCCCC1. The van der Waals surface area contributed by atoms with Crippen LogP contribution in [0.15, 0.2) is 11.6 Å². The van der Waals surface area contributed by atoms with Crippen molar-refractivity contribution in [3.63, 3.8) is 0 Å². The summed E-state index contributed by atoms with van der Waals surface area (Å²) in [5.41, 5.74) is 0.825. The summed E-state index contributed by atoms with van der Waals surface area (Å²) in [7, 11) is 0. The van der Waals surface area contributed by atoms with Crippen molar-refractivity contribution in [3.05, 3.63) is 11.6 Å². The molecule has 0 atom stereocenters. The Bertz CT molecular complexity index is 202. The van der Waals surface area contributed by atoms with Crippen LogP contribution in [0.25, 0.3) is 0 Å². The summed E-state index contributed by atoms with van der Waals surface area (Å²) < 4.78 is 0. The second-order valence-corrected chi connectivity index (χ2v) is 3.78. The van der Waals surface area contributed by atoms with Gasteiger partial charge in [-0.15, -0.1) is 0 Å². The molecule has 0 aromatic heterocycles. The molecule has 13 heavy (non-hydrogen) atoms. The van der Waals surface area contributed by atoms with Gasteiger partial charge in [0, 0.05) is 11.6 Å². The van der Waals surface area contributed by atoms with Gasteiger partial charge < -0.3 is 5.32 Å². The molecule has 0 saturated heterocycles. The fraction of sp³-hybridized carbons (Fsp3) is 0.727. The van der Waals surface area contributed by atoms with Gasteiger partial charge in [-0.2, -0.15) is 0 Å². The van der Waals surface area contributed by atoms with Crippen molar-refractivity contribution in [1.82, 2.24) is 5.32 Å². The second kappa shape index (κ2) is 5.05. The van der Waals surface area contributed by atoms with E-state index in [2.05, 4.69) is 5.32 Å². The van der Waals surface area contributed by atoms with Gasteiger partial charge in [0.2, 0.25) is 5.91 Å². The maximum absolute atomic E-state index is 11.5. The molecule has 1 fully saturated rings. The number of carbonyl (C=O) groups is 1. The Hall–Kier alpha value is -0.790. The molecule has 0 heterocycles. The minimum atomic E-state index is 0.106. The third kappa shape index (κ3) is 3.21. The molecule has 0 aromatic carbocycles. The molecule has 1 amide bonds. The van der Waals surface area contributed by atoms with Crippen LogP contribution in [0.4, 0.5) is 0 Å². The Kier molecular flexibility index (Phi) is 4.00. The zero-order valence-corrected chi connectivity index (χ0v) is 8.60. The van der Waals surface area contributed by atoms with E-state index in [-0.39, 0.29) is 5.91 Å². The van der Waals surface area contributed by atoms with Crippen LogP contribution in [0.2, 0.25) is 0 Å². The number of hydrogen-bond donors (Lipinski definition) is 1. The summed E-state index contributed by atoms with van der Waals surface area (Å²) in [5.74, 6) is 0.106. The number of hydrogen-bond acceptors (Lipinski definition) is 1. The molecule has 0 radical (unpaired) electrons. The minimum Gasteiger partial charge on any atom is -0.350 e. The first-order valence-electron chi connectivity index (χ1n) is 5.18. The Morgan fingerprint density at radius 3 is 2.46 bits per heavy atom. The van der Waals surface area contributed by atoms with E-state index in [0.29, 0.717) is 6.04 Å². The molecule has 1 saturated carbocycles. The van der Waals surface area contributed by atoms with Gasteiger partial charge in [-0.05, 0) is 26.7 Å². The van der Waals surface area contributed by atoms with Crippen LogP contribution in [-0.2, 0) is 4.79 Å². The van der Waals surface area contributed by atoms with E-state index in [4.69, 9.17) is 0 Å². The van der Waals surface area contributed by atoms with Crippen molar-refractivity contribution in [2.45, 2.75) is 52.0 Å². The summed E-state index contributed by atoms with van der Waals surface area (Å²) in [6.07, 6.45) is 8.03. The van der Waals surface area contributed by atoms with Crippen molar-refractivity contribution >= 4 is 5.91 Å². The third-order valence-corrected chi connectivity index (χ3v) is 2.73. The van der Waals surface area contributed by atoms with E-state index in [1.807, 2.05) is 19.9 Å².